The molecule has 2 rings (SSSR count). The molecule has 1 aliphatic rings. The van der Waals surface area contributed by atoms with Gasteiger partial charge in [0.25, 0.3) is 0 Å². The lowest BCUT2D eigenvalue weighted by Crippen LogP contribution is -2.27. The minimum Gasteiger partial charge on any atom is -0.463 e. The molecule has 2 heterocycles. The van der Waals surface area contributed by atoms with Crippen molar-refractivity contribution in [1.29, 1.82) is 0 Å². The molecule has 5 heteroatoms. The van der Waals surface area contributed by atoms with Gasteiger partial charge in [-0.15, -0.1) is 0 Å². The molecule has 1 atom stereocenters. The Kier molecular flexibility index (Phi) is 7.27. The lowest BCUT2D eigenvalue weighted by Gasteiger charge is -2.29. The number of aryl methyl sites for hydroxylation is 1. The van der Waals surface area contributed by atoms with E-state index < -0.39 is 0 Å². The number of aliphatic hydroxyl groups is 2. The van der Waals surface area contributed by atoms with Gasteiger partial charge in [0.05, 0.1) is 31.2 Å². The zero-order valence-electron chi connectivity index (χ0n) is 14.3. The van der Waals surface area contributed by atoms with Crippen molar-refractivity contribution in [2.24, 2.45) is 0 Å². The Bertz CT molecular complexity index is 504. The van der Waals surface area contributed by atoms with Crippen molar-refractivity contribution in [1.82, 2.24) is 4.98 Å². The number of fused-ring (bicyclic) bond motifs is 1. The van der Waals surface area contributed by atoms with E-state index in [0.29, 0.717) is 23.6 Å². The molecule has 1 unspecified atom stereocenters. The molecule has 0 bridgehead atoms. The van der Waals surface area contributed by atoms with Crippen LogP contribution in [0.1, 0.15) is 74.4 Å². The third-order valence-corrected chi connectivity index (χ3v) is 4.38. The fourth-order valence-electron chi connectivity index (χ4n) is 3.05. The molecule has 5 nitrogen and oxygen atoms in total. The van der Waals surface area contributed by atoms with Gasteiger partial charge >= 0.3 is 0 Å². The Labute approximate surface area is 138 Å². The zero-order chi connectivity index (χ0) is 16.7. The molecule has 0 radical (unpaired) electrons. The van der Waals surface area contributed by atoms with E-state index in [1.54, 1.807) is 0 Å². The molecule has 1 aromatic rings. The number of ether oxygens (including phenoxy) is 2. The van der Waals surface area contributed by atoms with Crippen LogP contribution < -0.4 is 4.74 Å². The largest absolute Gasteiger partial charge is 0.463 e. The fourth-order valence-corrected chi connectivity index (χ4v) is 3.05. The van der Waals surface area contributed by atoms with Crippen LogP contribution in [0.2, 0.25) is 0 Å². The molecule has 2 N–H and O–H groups in total. The van der Waals surface area contributed by atoms with E-state index in [-0.39, 0.29) is 19.5 Å². The summed E-state index contributed by atoms with van der Waals surface area (Å²) >= 11 is 0. The normalized spacial score (nSPS) is 17.0. The van der Waals surface area contributed by atoms with Crippen LogP contribution in [0, 0.1) is 6.92 Å². The Morgan fingerprint density at radius 3 is 2.52 bits per heavy atom. The minimum atomic E-state index is -0.235. The van der Waals surface area contributed by atoms with Gasteiger partial charge < -0.3 is 19.7 Å². The maximum Gasteiger partial charge on any atom is 0.200 e. The summed E-state index contributed by atoms with van der Waals surface area (Å²) in [5.41, 5.74) is 2.71. The van der Waals surface area contributed by atoms with Crippen molar-refractivity contribution in [2.75, 3.05) is 0 Å². The summed E-state index contributed by atoms with van der Waals surface area (Å²) in [4.78, 5) is 4.35. The average molecular weight is 323 g/mol. The number of hydrogen-bond donors (Lipinski definition) is 2. The first-order chi connectivity index (χ1) is 11.2. The van der Waals surface area contributed by atoms with Gasteiger partial charge in [-0.25, -0.2) is 0 Å². The first-order valence-electron chi connectivity index (χ1n) is 8.72. The van der Waals surface area contributed by atoms with Crippen LogP contribution in [-0.4, -0.2) is 21.5 Å². The average Bonchev–Trinajstić information content (AvgIpc) is 2.58. The number of hydrogen-bond acceptors (Lipinski definition) is 5. The van der Waals surface area contributed by atoms with E-state index in [4.69, 9.17) is 9.47 Å². The van der Waals surface area contributed by atoms with Gasteiger partial charge in [-0.3, -0.25) is 4.98 Å². The quantitative estimate of drug-likeness (QED) is 0.682. The van der Waals surface area contributed by atoms with Crippen molar-refractivity contribution >= 4 is 0 Å². The summed E-state index contributed by atoms with van der Waals surface area (Å²) in [5.74, 6) is 0.716. The molecule has 0 spiro atoms. The Balaban J connectivity index is 1.93. The SMILES string of the molecule is CCCCCCCCC1OCc2c(CO)c(CO)nc(C)c2O1. The summed E-state index contributed by atoms with van der Waals surface area (Å²) < 4.78 is 11.7. The maximum atomic E-state index is 9.54. The van der Waals surface area contributed by atoms with Gasteiger partial charge in [0.15, 0.2) is 6.29 Å². The molecule has 0 saturated heterocycles. The van der Waals surface area contributed by atoms with Gasteiger partial charge in [0.1, 0.15) is 5.75 Å². The second-order valence-corrected chi connectivity index (χ2v) is 6.16. The first-order valence-corrected chi connectivity index (χ1v) is 8.72. The molecule has 0 fully saturated rings. The highest BCUT2D eigenvalue weighted by atomic mass is 16.7. The second kappa shape index (κ2) is 9.21. The second-order valence-electron chi connectivity index (χ2n) is 6.16. The van der Waals surface area contributed by atoms with Crippen LogP contribution in [0.25, 0.3) is 0 Å². The molecule has 1 aliphatic heterocycles. The van der Waals surface area contributed by atoms with Crippen LogP contribution in [0.4, 0.5) is 0 Å². The molecule has 0 saturated carbocycles. The van der Waals surface area contributed by atoms with E-state index in [9.17, 15) is 10.2 Å². The van der Waals surface area contributed by atoms with E-state index in [1.165, 1.54) is 32.1 Å². The van der Waals surface area contributed by atoms with Crippen molar-refractivity contribution < 1.29 is 19.7 Å². The first kappa shape index (κ1) is 18.2. The van der Waals surface area contributed by atoms with Gasteiger partial charge in [-0.05, 0) is 13.3 Å². The number of unbranched alkanes of at least 4 members (excludes halogenated alkanes) is 5. The Hall–Kier alpha value is -1.17. The fraction of sp³-hybridized carbons (Fsp3) is 0.722. The van der Waals surface area contributed by atoms with Gasteiger partial charge in [0.2, 0.25) is 0 Å². The van der Waals surface area contributed by atoms with Crippen molar-refractivity contribution in [3.05, 3.63) is 22.5 Å². The standard InChI is InChI=1S/C18H29NO4/c1-3-4-5-6-7-8-9-17-22-12-15-14(10-20)16(11-21)19-13(2)18(15)23-17/h17,20-21H,3-12H2,1-2H3. The van der Waals surface area contributed by atoms with E-state index in [2.05, 4.69) is 11.9 Å². The highest BCUT2D eigenvalue weighted by Gasteiger charge is 2.26. The predicted molar refractivity (Wildman–Crippen MR) is 88.0 cm³/mol. The molecule has 0 aliphatic carbocycles. The zero-order valence-corrected chi connectivity index (χ0v) is 14.3. The predicted octanol–water partition coefficient (Wildman–Crippen LogP) is 3.36. The third kappa shape index (κ3) is 4.66. The van der Waals surface area contributed by atoms with Crippen LogP contribution in [0.3, 0.4) is 0 Å². The van der Waals surface area contributed by atoms with Gasteiger partial charge in [0, 0.05) is 17.5 Å². The van der Waals surface area contributed by atoms with Crippen LogP contribution in [0.5, 0.6) is 5.75 Å². The van der Waals surface area contributed by atoms with Crippen LogP contribution in [-0.2, 0) is 24.6 Å². The summed E-state index contributed by atoms with van der Waals surface area (Å²) in [6, 6.07) is 0. The van der Waals surface area contributed by atoms with Crippen LogP contribution >= 0.6 is 0 Å². The number of rotatable bonds is 9. The number of aliphatic hydroxyl groups excluding tert-OH is 2. The van der Waals surface area contributed by atoms with E-state index in [0.717, 1.165) is 24.1 Å². The smallest absolute Gasteiger partial charge is 0.200 e. The highest BCUT2D eigenvalue weighted by molar-refractivity contribution is 5.45. The van der Waals surface area contributed by atoms with Crippen molar-refractivity contribution in [2.45, 2.75) is 84.9 Å². The van der Waals surface area contributed by atoms with Gasteiger partial charge in [-0.2, -0.15) is 0 Å². The molecule has 1 aromatic heterocycles. The van der Waals surface area contributed by atoms with Gasteiger partial charge in [-0.1, -0.05) is 39.0 Å². The third-order valence-electron chi connectivity index (χ3n) is 4.38. The summed E-state index contributed by atoms with van der Waals surface area (Å²) in [6.07, 6.45) is 8.09. The summed E-state index contributed by atoms with van der Waals surface area (Å²) in [5, 5.41) is 18.9. The Morgan fingerprint density at radius 2 is 1.83 bits per heavy atom. The topological polar surface area (TPSA) is 71.8 Å². The molecule has 0 aromatic carbocycles. The maximum absolute atomic E-state index is 9.54. The van der Waals surface area contributed by atoms with E-state index >= 15 is 0 Å². The van der Waals surface area contributed by atoms with Crippen molar-refractivity contribution in [3.63, 3.8) is 0 Å². The summed E-state index contributed by atoms with van der Waals surface area (Å²) in [7, 11) is 0. The van der Waals surface area contributed by atoms with E-state index in [1.807, 2.05) is 6.92 Å². The van der Waals surface area contributed by atoms with Crippen molar-refractivity contribution in [3.8, 4) is 5.75 Å². The van der Waals surface area contributed by atoms with Crippen LogP contribution in [0.15, 0.2) is 0 Å². The molecule has 130 valence electrons. The highest BCUT2D eigenvalue weighted by Crippen LogP contribution is 2.34. The number of nitrogens with zero attached hydrogens (tertiary/aromatic N) is 1. The molecule has 23 heavy (non-hydrogen) atoms. The number of pyridine rings is 1. The number of aromatic nitrogens is 1. The molecular formula is C18H29NO4. The lowest BCUT2D eigenvalue weighted by atomic mass is 10.0. The minimum absolute atomic E-state index is 0.166. The Morgan fingerprint density at radius 1 is 1.09 bits per heavy atom. The molecule has 0 amide bonds. The lowest BCUT2D eigenvalue weighted by molar-refractivity contribution is -0.113. The monoisotopic (exact) mass is 323 g/mol. The summed E-state index contributed by atoms with van der Waals surface area (Å²) in [6.45, 7) is 4.14. The molecular weight excluding hydrogens is 294 g/mol.